The van der Waals surface area contributed by atoms with Gasteiger partial charge in [0.15, 0.2) is 0 Å². The molecule has 0 radical (unpaired) electrons. The van der Waals surface area contributed by atoms with Crippen LogP contribution in [0.4, 0.5) is 0 Å². The molecule has 0 aliphatic rings. The van der Waals surface area contributed by atoms with Crippen molar-refractivity contribution < 1.29 is 0 Å². The highest BCUT2D eigenvalue weighted by Crippen LogP contribution is 2.13. The zero-order valence-corrected chi connectivity index (χ0v) is 8.44. The Hall–Kier alpha value is -0.0800. The van der Waals surface area contributed by atoms with E-state index in [2.05, 4.69) is 45.5 Å². The SMILES string of the molecule is CCNN[C@H](C)[C@@H](C)C(C)C. The van der Waals surface area contributed by atoms with Crippen molar-refractivity contribution >= 4 is 0 Å². The summed E-state index contributed by atoms with van der Waals surface area (Å²) in [6.07, 6.45) is 0. The summed E-state index contributed by atoms with van der Waals surface area (Å²) in [4.78, 5) is 0. The summed E-state index contributed by atoms with van der Waals surface area (Å²) in [6, 6.07) is 0.551. The first-order chi connectivity index (χ1) is 5.09. The second-order valence-electron chi connectivity index (χ2n) is 3.57. The van der Waals surface area contributed by atoms with Crippen molar-refractivity contribution in [1.82, 2.24) is 10.9 Å². The molecule has 11 heavy (non-hydrogen) atoms. The van der Waals surface area contributed by atoms with Gasteiger partial charge in [-0.3, -0.25) is 10.9 Å². The summed E-state index contributed by atoms with van der Waals surface area (Å²) in [5.74, 6) is 1.46. The monoisotopic (exact) mass is 158 g/mol. The van der Waals surface area contributed by atoms with Gasteiger partial charge in [0, 0.05) is 12.6 Å². The van der Waals surface area contributed by atoms with E-state index < -0.39 is 0 Å². The standard InChI is InChI=1S/C9H22N2/c1-6-10-11-9(5)8(4)7(2)3/h7-11H,6H2,1-5H3/t8-,9+/m0/s1. The van der Waals surface area contributed by atoms with Crippen LogP contribution in [0.5, 0.6) is 0 Å². The first kappa shape index (κ1) is 10.9. The van der Waals surface area contributed by atoms with Gasteiger partial charge in [-0.1, -0.05) is 27.7 Å². The number of hydrogen-bond acceptors (Lipinski definition) is 2. The molecule has 0 aliphatic carbocycles. The molecule has 2 heteroatoms. The van der Waals surface area contributed by atoms with Gasteiger partial charge in [0.25, 0.3) is 0 Å². The molecule has 2 N–H and O–H groups in total. The van der Waals surface area contributed by atoms with Crippen molar-refractivity contribution in [3.8, 4) is 0 Å². The lowest BCUT2D eigenvalue weighted by molar-refractivity contribution is 0.291. The van der Waals surface area contributed by atoms with Crippen LogP contribution in [-0.4, -0.2) is 12.6 Å². The third-order valence-corrected chi connectivity index (χ3v) is 2.35. The van der Waals surface area contributed by atoms with Crippen LogP contribution in [0.3, 0.4) is 0 Å². The molecule has 0 aromatic heterocycles. The first-order valence-electron chi connectivity index (χ1n) is 4.58. The molecule has 0 rings (SSSR count). The average Bonchev–Trinajstić information content (AvgIpc) is 1.98. The van der Waals surface area contributed by atoms with Crippen molar-refractivity contribution in [2.24, 2.45) is 11.8 Å². The topological polar surface area (TPSA) is 24.1 Å². The molecule has 0 aromatic rings. The van der Waals surface area contributed by atoms with Crippen molar-refractivity contribution in [3.05, 3.63) is 0 Å². The summed E-state index contributed by atoms with van der Waals surface area (Å²) in [7, 11) is 0. The van der Waals surface area contributed by atoms with Gasteiger partial charge in [-0.15, -0.1) is 0 Å². The largest absolute Gasteiger partial charge is 0.258 e. The Morgan fingerprint density at radius 3 is 2.00 bits per heavy atom. The van der Waals surface area contributed by atoms with Crippen molar-refractivity contribution in [2.75, 3.05) is 6.54 Å². The van der Waals surface area contributed by atoms with Crippen LogP contribution in [0.1, 0.15) is 34.6 Å². The number of nitrogens with one attached hydrogen (secondary N) is 2. The second-order valence-corrected chi connectivity index (χ2v) is 3.57. The molecule has 0 unspecified atom stereocenters. The quantitative estimate of drug-likeness (QED) is 0.596. The highest BCUT2D eigenvalue weighted by atomic mass is 15.4. The van der Waals surface area contributed by atoms with E-state index in [4.69, 9.17) is 0 Å². The molecule has 2 atom stereocenters. The minimum absolute atomic E-state index is 0.551. The summed E-state index contributed by atoms with van der Waals surface area (Å²) >= 11 is 0. The molecule has 0 bridgehead atoms. The maximum atomic E-state index is 3.26. The van der Waals surface area contributed by atoms with E-state index >= 15 is 0 Å². The molecule has 0 aliphatic heterocycles. The van der Waals surface area contributed by atoms with Crippen LogP contribution in [-0.2, 0) is 0 Å². The predicted octanol–water partition coefficient (Wildman–Crippen LogP) is 1.78. The Balaban J connectivity index is 3.55. The van der Waals surface area contributed by atoms with E-state index in [0.29, 0.717) is 12.0 Å². The first-order valence-corrected chi connectivity index (χ1v) is 4.58. The van der Waals surface area contributed by atoms with Crippen LogP contribution in [0.15, 0.2) is 0 Å². The zero-order valence-electron chi connectivity index (χ0n) is 8.44. The van der Waals surface area contributed by atoms with Gasteiger partial charge in [-0.25, -0.2) is 0 Å². The normalized spacial score (nSPS) is 16.9. The zero-order chi connectivity index (χ0) is 8.85. The Labute approximate surface area is 70.7 Å². The van der Waals surface area contributed by atoms with Crippen LogP contribution in [0.25, 0.3) is 0 Å². The Kier molecular flexibility index (Phi) is 5.51. The third kappa shape index (κ3) is 4.38. The highest BCUT2D eigenvalue weighted by Gasteiger charge is 2.14. The Bertz CT molecular complexity index is 91.6. The Morgan fingerprint density at radius 1 is 1.09 bits per heavy atom. The molecule has 0 heterocycles. The summed E-state index contributed by atoms with van der Waals surface area (Å²) in [5, 5.41) is 0. The second kappa shape index (κ2) is 5.56. The number of rotatable bonds is 5. The van der Waals surface area contributed by atoms with Gasteiger partial charge < -0.3 is 0 Å². The van der Waals surface area contributed by atoms with Crippen molar-refractivity contribution in [1.29, 1.82) is 0 Å². The number of hydrazine groups is 1. The van der Waals surface area contributed by atoms with E-state index in [1.807, 2.05) is 0 Å². The molecule has 0 saturated heterocycles. The van der Waals surface area contributed by atoms with Gasteiger partial charge in [-0.2, -0.15) is 0 Å². The summed E-state index contributed by atoms with van der Waals surface area (Å²) < 4.78 is 0. The fraction of sp³-hybridized carbons (Fsp3) is 1.00. The fourth-order valence-electron chi connectivity index (χ4n) is 0.972. The summed E-state index contributed by atoms with van der Waals surface area (Å²) in [6.45, 7) is 12.1. The van der Waals surface area contributed by atoms with Gasteiger partial charge >= 0.3 is 0 Å². The van der Waals surface area contributed by atoms with E-state index in [1.54, 1.807) is 0 Å². The van der Waals surface area contributed by atoms with Gasteiger partial charge in [0.05, 0.1) is 0 Å². The van der Waals surface area contributed by atoms with E-state index in [-0.39, 0.29) is 0 Å². The minimum Gasteiger partial charge on any atom is -0.258 e. The van der Waals surface area contributed by atoms with Crippen LogP contribution < -0.4 is 10.9 Å². The molecule has 0 amide bonds. The lowest BCUT2D eigenvalue weighted by atomic mass is 9.92. The third-order valence-electron chi connectivity index (χ3n) is 2.35. The van der Waals surface area contributed by atoms with Gasteiger partial charge in [0.1, 0.15) is 0 Å². The van der Waals surface area contributed by atoms with Crippen molar-refractivity contribution in [2.45, 2.75) is 40.7 Å². The predicted molar refractivity (Wildman–Crippen MR) is 50.3 cm³/mol. The molecular formula is C9H22N2. The Morgan fingerprint density at radius 2 is 1.64 bits per heavy atom. The lowest BCUT2D eigenvalue weighted by Gasteiger charge is -2.24. The highest BCUT2D eigenvalue weighted by molar-refractivity contribution is 4.68. The molecule has 0 aromatic carbocycles. The van der Waals surface area contributed by atoms with Crippen LogP contribution >= 0.6 is 0 Å². The molecule has 0 spiro atoms. The van der Waals surface area contributed by atoms with Gasteiger partial charge in [-0.05, 0) is 18.8 Å². The van der Waals surface area contributed by atoms with E-state index in [1.165, 1.54) is 0 Å². The summed E-state index contributed by atoms with van der Waals surface area (Å²) in [5.41, 5.74) is 6.40. The van der Waals surface area contributed by atoms with Crippen molar-refractivity contribution in [3.63, 3.8) is 0 Å². The lowest BCUT2D eigenvalue weighted by Crippen LogP contribution is -2.43. The molecule has 0 saturated carbocycles. The molecular weight excluding hydrogens is 136 g/mol. The maximum Gasteiger partial charge on any atom is 0.0212 e. The van der Waals surface area contributed by atoms with Gasteiger partial charge in [0.2, 0.25) is 0 Å². The number of hydrogen-bond donors (Lipinski definition) is 2. The molecule has 0 fully saturated rings. The minimum atomic E-state index is 0.551. The van der Waals surface area contributed by atoms with Crippen LogP contribution in [0.2, 0.25) is 0 Å². The maximum absolute atomic E-state index is 3.26. The fourth-order valence-corrected chi connectivity index (χ4v) is 0.972. The molecule has 68 valence electrons. The smallest absolute Gasteiger partial charge is 0.0212 e. The van der Waals surface area contributed by atoms with E-state index in [9.17, 15) is 0 Å². The van der Waals surface area contributed by atoms with Crippen LogP contribution in [0, 0.1) is 11.8 Å². The van der Waals surface area contributed by atoms with E-state index in [0.717, 1.165) is 12.5 Å². The molecule has 2 nitrogen and oxygen atoms in total. The average molecular weight is 158 g/mol.